The summed E-state index contributed by atoms with van der Waals surface area (Å²) in [5.74, 6) is 0.0417. The number of anilines is 1. The van der Waals surface area contributed by atoms with Crippen LogP contribution in [0.25, 0.3) is 11.0 Å². The van der Waals surface area contributed by atoms with Gasteiger partial charge in [-0.05, 0) is 24.3 Å². The highest BCUT2D eigenvalue weighted by molar-refractivity contribution is 5.94. The Morgan fingerprint density at radius 1 is 1.11 bits per heavy atom. The second kappa shape index (κ2) is 8.22. The van der Waals surface area contributed by atoms with Crippen LogP contribution in [0.1, 0.15) is 0 Å². The van der Waals surface area contributed by atoms with Crippen LogP contribution in [-0.2, 0) is 20.9 Å². The molecule has 8 nitrogen and oxygen atoms in total. The molecule has 0 bridgehead atoms. The third kappa shape index (κ3) is 4.35. The Bertz CT molecular complexity index is 967. The summed E-state index contributed by atoms with van der Waals surface area (Å²) < 4.78 is 17.0. The zero-order chi connectivity index (χ0) is 19.2. The Balaban J connectivity index is 1.55. The van der Waals surface area contributed by atoms with Gasteiger partial charge in [0.1, 0.15) is 18.0 Å². The highest BCUT2D eigenvalue weighted by Gasteiger charge is 2.13. The van der Waals surface area contributed by atoms with Crippen molar-refractivity contribution in [3.05, 3.63) is 48.8 Å². The second-order valence-electron chi connectivity index (χ2n) is 5.64. The normalized spacial score (nSPS) is 10.4. The Kier molecular flexibility index (Phi) is 5.55. The number of rotatable bonds is 7. The molecule has 0 aliphatic carbocycles. The predicted molar refractivity (Wildman–Crippen MR) is 98.9 cm³/mol. The lowest BCUT2D eigenvalue weighted by Crippen LogP contribution is -2.23. The Morgan fingerprint density at radius 2 is 1.93 bits per heavy atom. The highest BCUT2D eigenvalue weighted by atomic mass is 16.5. The molecular formula is C19H19N3O5. The van der Waals surface area contributed by atoms with E-state index >= 15 is 0 Å². The van der Waals surface area contributed by atoms with Gasteiger partial charge in [-0.15, -0.1) is 0 Å². The van der Waals surface area contributed by atoms with Gasteiger partial charge >= 0.3 is 5.97 Å². The van der Waals surface area contributed by atoms with Crippen LogP contribution in [0.4, 0.5) is 5.69 Å². The van der Waals surface area contributed by atoms with E-state index in [0.29, 0.717) is 17.2 Å². The number of ether oxygens (including phenoxy) is 3. The molecule has 8 heteroatoms. The number of para-hydroxylation sites is 2. The SMILES string of the molecule is COc1ccc(NC(=O)COC(=O)Cn2cnc3ccccc32)c(OC)c1. The maximum absolute atomic E-state index is 12.1. The number of benzene rings is 2. The minimum absolute atomic E-state index is 0.0281. The van der Waals surface area contributed by atoms with E-state index in [1.54, 1.807) is 29.1 Å². The lowest BCUT2D eigenvalue weighted by atomic mass is 10.2. The van der Waals surface area contributed by atoms with Crippen molar-refractivity contribution in [3.8, 4) is 11.5 Å². The van der Waals surface area contributed by atoms with Gasteiger partial charge in [0.2, 0.25) is 0 Å². The number of fused-ring (bicyclic) bond motifs is 1. The second-order valence-corrected chi connectivity index (χ2v) is 5.64. The Hall–Kier alpha value is -3.55. The monoisotopic (exact) mass is 369 g/mol. The fourth-order valence-electron chi connectivity index (χ4n) is 2.56. The summed E-state index contributed by atoms with van der Waals surface area (Å²) in [6.07, 6.45) is 1.56. The first-order valence-electron chi connectivity index (χ1n) is 8.18. The van der Waals surface area contributed by atoms with E-state index in [4.69, 9.17) is 14.2 Å². The number of methoxy groups -OCH3 is 2. The zero-order valence-electron chi connectivity index (χ0n) is 15.0. The van der Waals surface area contributed by atoms with Crippen LogP contribution < -0.4 is 14.8 Å². The van der Waals surface area contributed by atoms with Crippen LogP contribution in [-0.4, -0.2) is 42.3 Å². The average molecular weight is 369 g/mol. The number of amides is 1. The maximum atomic E-state index is 12.1. The summed E-state index contributed by atoms with van der Waals surface area (Å²) in [5.41, 5.74) is 2.07. The first-order valence-corrected chi connectivity index (χ1v) is 8.18. The van der Waals surface area contributed by atoms with Gasteiger partial charge in [0.15, 0.2) is 6.61 Å². The number of hydrogen-bond acceptors (Lipinski definition) is 6. The molecule has 2 aromatic carbocycles. The van der Waals surface area contributed by atoms with Gasteiger partial charge in [0.05, 0.1) is 37.3 Å². The Labute approximate surface area is 155 Å². The van der Waals surface area contributed by atoms with E-state index in [-0.39, 0.29) is 6.54 Å². The van der Waals surface area contributed by atoms with E-state index in [1.807, 2.05) is 24.3 Å². The van der Waals surface area contributed by atoms with Crippen LogP contribution >= 0.6 is 0 Å². The summed E-state index contributed by atoms with van der Waals surface area (Å²) in [6.45, 7) is -0.430. The van der Waals surface area contributed by atoms with Crippen LogP contribution in [0.2, 0.25) is 0 Å². The molecule has 0 aliphatic rings. The molecule has 0 saturated heterocycles. The van der Waals surface area contributed by atoms with Gasteiger partial charge in [-0.1, -0.05) is 12.1 Å². The van der Waals surface area contributed by atoms with Crippen LogP contribution in [0.3, 0.4) is 0 Å². The first-order chi connectivity index (χ1) is 13.1. The largest absolute Gasteiger partial charge is 0.497 e. The first kappa shape index (κ1) is 18.2. The van der Waals surface area contributed by atoms with Crippen molar-refractivity contribution in [1.29, 1.82) is 0 Å². The van der Waals surface area contributed by atoms with Crippen molar-refractivity contribution in [1.82, 2.24) is 9.55 Å². The standard InChI is InChI=1S/C19H19N3O5/c1-25-13-7-8-15(17(9-13)26-2)21-18(23)11-27-19(24)10-22-12-20-14-5-3-4-6-16(14)22/h3-9,12H,10-11H2,1-2H3,(H,21,23). The van der Waals surface area contributed by atoms with E-state index in [0.717, 1.165) is 11.0 Å². The van der Waals surface area contributed by atoms with Crippen molar-refractivity contribution >= 4 is 28.6 Å². The molecule has 3 aromatic rings. The number of imidazole rings is 1. The van der Waals surface area contributed by atoms with Gasteiger partial charge in [0.25, 0.3) is 5.91 Å². The highest BCUT2D eigenvalue weighted by Crippen LogP contribution is 2.28. The molecule has 1 heterocycles. The lowest BCUT2D eigenvalue weighted by Gasteiger charge is -2.12. The quantitative estimate of drug-likeness (QED) is 0.642. The van der Waals surface area contributed by atoms with E-state index in [9.17, 15) is 9.59 Å². The van der Waals surface area contributed by atoms with Crippen molar-refractivity contribution in [2.75, 3.05) is 26.1 Å². The van der Waals surface area contributed by atoms with Crippen molar-refractivity contribution in [3.63, 3.8) is 0 Å². The third-order valence-corrected chi connectivity index (χ3v) is 3.87. The molecule has 0 unspecified atom stereocenters. The summed E-state index contributed by atoms with van der Waals surface area (Å²) in [7, 11) is 3.02. The van der Waals surface area contributed by atoms with Gasteiger partial charge in [0, 0.05) is 6.07 Å². The molecule has 0 saturated carbocycles. The molecule has 0 atom stereocenters. The number of nitrogens with zero attached hydrogens (tertiary/aromatic N) is 2. The molecule has 1 amide bonds. The van der Waals surface area contributed by atoms with Crippen molar-refractivity contribution in [2.24, 2.45) is 0 Å². The smallest absolute Gasteiger partial charge is 0.326 e. The molecule has 0 aliphatic heterocycles. The number of aromatic nitrogens is 2. The molecular weight excluding hydrogens is 350 g/mol. The van der Waals surface area contributed by atoms with Gasteiger partial charge in [-0.25, -0.2) is 4.98 Å². The summed E-state index contributed by atoms with van der Waals surface area (Å²) in [5, 5.41) is 2.64. The molecule has 1 aromatic heterocycles. The third-order valence-electron chi connectivity index (χ3n) is 3.87. The van der Waals surface area contributed by atoms with Crippen molar-refractivity contribution < 1.29 is 23.8 Å². The molecule has 0 spiro atoms. The van der Waals surface area contributed by atoms with Crippen LogP contribution in [0, 0.1) is 0 Å². The predicted octanol–water partition coefficient (Wildman–Crippen LogP) is 2.24. The van der Waals surface area contributed by atoms with Crippen LogP contribution in [0.5, 0.6) is 11.5 Å². The number of carbonyl (C=O) groups is 2. The molecule has 0 fully saturated rings. The average Bonchev–Trinajstić information content (AvgIpc) is 3.09. The van der Waals surface area contributed by atoms with Gasteiger partial charge in [-0.3, -0.25) is 9.59 Å². The Morgan fingerprint density at radius 3 is 2.70 bits per heavy atom. The van der Waals surface area contributed by atoms with Crippen LogP contribution in [0.15, 0.2) is 48.8 Å². The maximum Gasteiger partial charge on any atom is 0.326 e. The zero-order valence-corrected chi connectivity index (χ0v) is 15.0. The van der Waals surface area contributed by atoms with E-state index in [1.165, 1.54) is 14.2 Å². The van der Waals surface area contributed by atoms with E-state index in [2.05, 4.69) is 10.3 Å². The fraction of sp³-hybridized carbons (Fsp3) is 0.211. The molecule has 1 N–H and O–H groups in total. The van der Waals surface area contributed by atoms with Crippen molar-refractivity contribution in [2.45, 2.75) is 6.54 Å². The molecule has 0 radical (unpaired) electrons. The number of nitrogens with one attached hydrogen (secondary N) is 1. The molecule has 27 heavy (non-hydrogen) atoms. The van der Waals surface area contributed by atoms with Gasteiger partial charge < -0.3 is 24.1 Å². The number of carbonyl (C=O) groups excluding carboxylic acids is 2. The summed E-state index contributed by atoms with van der Waals surface area (Å²) >= 11 is 0. The fourth-order valence-corrected chi connectivity index (χ4v) is 2.56. The lowest BCUT2D eigenvalue weighted by molar-refractivity contribution is -0.147. The summed E-state index contributed by atoms with van der Waals surface area (Å²) in [6, 6.07) is 12.4. The van der Waals surface area contributed by atoms with Gasteiger partial charge in [-0.2, -0.15) is 0 Å². The topological polar surface area (TPSA) is 91.7 Å². The minimum atomic E-state index is -0.532. The molecule has 3 rings (SSSR count). The van der Waals surface area contributed by atoms with E-state index < -0.39 is 18.5 Å². The minimum Gasteiger partial charge on any atom is -0.497 e. The number of hydrogen-bond donors (Lipinski definition) is 1. The summed E-state index contributed by atoms with van der Waals surface area (Å²) in [4.78, 5) is 28.3. The number of esters is 1. The molecule has 140 valence electrons.